The van der Waals surface area contributed by atoms with Crippen molar-refractivity contribution in [3.63, 3.8) is 0 Å². The Kier molecular flexibility index (Phi) is 8.13. The van der Waals surface area contributed by atoms with Gasteiger partial charge in [-0.05, 0) is 63.1 Å². The van der Waals surface area contributed by atoms with Gasteiger partial charge in [0, 0.05) is 13.1 Å². The Balaban J connectivity index is 2.52. The van der Waals surface area contributed by atoms with Crippen LogP contribution in [-0.4, -0.2) is 38.1 Å². The summed E-state index contributed by atoms with van der Waals surface area (Å²) in [6.45, 7) is 14.3. The molecule has 0 heterocycles. The molecule has 0 radical (unpaired) electrons. The van der Waals surface area contributed by atoms with E-state index < -0.39 is 0 Å². The fourth-order valence-corrected chi connectivity index (χ4v) is 3.79. The Morgan fingerprint density at radius 2 is 2.10 bits per heavy atom. The molecule has 1 saturated carbocycles. The lowest BCUT2D eigenvalue weighted by molar-refractivity contribution is 0.0900. The van der Waals surface area contributed by atoms with Crippen molar-refractivity contribution in [1.29, 1.82) is 0 Å². The molecule has 0 aromatic rings. The fourth-order valence-electron chi connectivity index (χ4n) is 3.79. The van der Waals surface area contributed by atoms with Gasteiger partial charge in [-0.3, -0.25) is 0 Å². The molecule has 0 saturated heterocycles. The number of nitrogens with one attached hydrogen (secondary N) is 1. The number of nitrogens with zero attached hydrogens (tertiary/aromatic N) is 1. The SMILES string of the molecule is CCCNCC1(CN(C)CCC(C)C)CCCC(C)C1. The normalized spacial score (nSPS) is 27.4. The van der Waals surface area contributed by atoms with E-state index in [1.54, 1.807) is 0 Å². The van der Waals surface area contributed by atoms with Gasteiger partial charge in [-0.25, -0.2) is 0 Å². The zero-order valence-electron chi connectivity index (χ0n) is 14.7. The second-order valence-electron chi connectivity index (χ2n) is 7.80. The van der Waals surface area contributed by atoms with Crippen LogP contribution in [0.25, 0.3) is 0 Å². The van der Waals surface area contributed by atoms with Crippen LogP contribution >= 0.6 is 0 Å². The van der Waals surface area contributed by atoms with Crippen molar-refractivity contribution in [2.75, 3.05) is 33.2 Å². The van der Waals surface area contributed by atoms with Gasteiger partial charge in [-0.15, -0.1) is 0 Å². The molecule has 0 aromatic carbocycles. The fraction of sp³-hybridized carbons (Fsp3) is 1.00. The lowest BCUT2D eigenvalue weighted by Crippen LogP contribution is -2.46. The van der Waals surface area contributed by atoms with Crippen LogP contribution in [0.2, 0.25) is 0 Å². The Labute approximate surface area is 127 Å². The molecule has 1 aliphatic rings. The van der Waals surface area contributed by atoms with Crippen LogP contribution in [0.5, 0.6) is 0 Å². The molecule has 1 aliphatic carbocycles. The van der Waals surface area contributed by atoms with E-state index in [-0.39, 0.29) is 0 Å². The van der Waals surface area contributed by atoms with Gasteiger partial charge in [0.1, 0.15) is 0 Å². The summed E-state index contributed by atoms with van der Waals surface area (Å²) in [5.41, 5.74) is 0.526. The minimum absolute atomic E-state index is 0.526. The number of rotatable bonds is 9. The van der Waals surface area contributed by atoms with Gasteiger partial charge in [0.2, 0.25) is 0 Å². The lowest BCUT2D eigenvalue weighted by atomic mass is 9.69. The summed E-state index contributed by atoms with van der Waals surface area (Å²) in [7, 11) is 2.32. The third kappa shape index (κ3) is 6.58. The Morgan fingerprint density at radius 3 is 2.70 bits per heavy atom. The van der Waals surface area contributed by atoms with Crippen LogP contribution in [-0.2, 0) is 0 Å². The highest BCUT2D eigenvalue weighted by Gasteiger charge is 2.35. The highest BCUT2D eigenvalue weighted by Crippen LogP contribution is 2.39. The standard InChI is InChI=1S/C18H38N2/c1-6-11-19-14-18(10-7-8-17(4)13-18)15-20(5)12-9-16(2)3/h16-17,19H,6-15H2,1-5H3. The zero-order chi connectivity index (χ0) is 15.0. The molecule has 1 N–H and O–H groups in total. The van der Waals surface area contributed by atoms with E-state index in [2.05, 4.69) is 45.0 Å². The first-order valence-corrected chi connectivity index (χ1v) is 8.86. The molecule has 0 aromatic heterocycles. The quantitative estimate of drug-likeness (QED) is 0.639. The molecule has 20 heavy (non-hydrogen) atoms. The van der Waals surface area contributed by atoms with Crippen molar-refractivity contribution in [2.45, 2.75) is 66.2 Å². The van der Waals surface area contributed by atoms with Gasteiger partial charge in [-0.1, -0.05) is 40.5 Å². The molecule has 0 aliphatic heterocycles. The third-order valence-corrected chi connectivity index (χ3v) is 4.81. The largest absolute Gasteiger partial charge is 0.316 e. The van der Waals surface area contributed by atoms with Gasteiger partial charge in [0.15, 0.2) is 0 Å². The van der Waals surface area contributed by atoms with Crippen LogP contribution in [0.15, 0.2) is 0 Å². The van der Waals surface area contributed by atoms with Crippen molar-refractivity contribution in [1.82, 2.24) is 10.2 Å². The minimum Gasteiger partial charge on any atom is -0.316 e. The first-order valence-electron chi connectivity index (χ1n) is 8.86. The molecule has 2 atom stereocenters. The van der Waals surface area contributed by atoms with E-state index in [9.17, 15) is 0 Å². The highest BCUT2D eigenvalue weighted by atomic mass is 15.1. The van der Waals surface area contributed by atoms with Gasteiger partial charge < -0.3 is 10.2 Å². The van der Waals surface area contributed by atoms with E-state index in [0.717, 1.165) is 11.8 Å². The lowest BCUT2D eigenvalue weighted by Gasteiger charge is -2.43. The Bertz CT molecular complexity index is 252. The molecular weight excluding hydrogens is 244 g/mol. The zero-order valence-corrected chi connectivity index (χ0v) is 14.7. The maximum Gasteiger partial charge on any atom is 0.00472 e. The predicted molar refractivity (Wildman–Crippen MR) is 90.2 cm³/mol. The number of hydrogen-bond donors (Lipinski definition) is 1. The van der Waals surface area contributed by atoms with Crippen LogP contribution in [0, 0.1) is 17.3 Å². The Morgan fingerprint density at radius 1 is 1.35 bits per heavy atom. The van der Waals surface area contributed by atoms with Gasteiger partial charge in [0.05, 0.1) is 0 Å². The van der Waals surface area contributed by atoms with Crippen LogP contribution in [0.4, 0.5) is 0 Å². The topological polar surface area (TPSA) is 15.3 Å². The van der Waals surface area contributed by atoms with Crippen molar-refractivity contribution in [3.8, 4) is 0 Å². The van der Waals surface area contributed by atoms with E-state index in [1.807, 2.05) is 0 Å². The van der Waals surface area contributed by atoms with E-state index in [4.69, 9.17) is 0 Å². The number of hydrogen-bond acceptors (Lipinski definition) is 2. The van der Waals surface area contributed by atoms with E-state index >= 15 is 0 Å². The summed E-state index contributed by atoms with van der Waals surface area (Å²) < 4.78 is 0. The smallest absolute Gasteiger partial charge is 0.00472 e. The summed E-state index contributed by atoms with van der Waals surface area (Å²) in [5, 5.41) is 3.71. The molecule has 1 fully saturated rings. The van der Waals surface area contributed by atoms with E-state index in [0.29, 0.717) is 5.41 Å². The molecule has 2 nitrogen and oxygen atoms in total. The molecule has 2 heteroatoms. The second kappa shape index (κ2) is 9.04. The van der Waals surface area contributed by atoms with Crippen LogP contribution in [0.1, 0.15) is 66.2 Å². The van der Waals surface area contributed by atoms with Gasteiger partial charge in [-0.2, -0.15) is 0 Å². The van der Waals surface area contributed by atoms with Crippen molar-refractivity contribution < 1.29 is 0 Å². The summed E-state index contributed by atoms with van der Waals surface area (Å²) in [6, 6.07) is 0. The van der Waals surface area contributed by atoms with E-state index in [1.165, 1.54) is 64.7 Å². The molecule has 0 amide bonds. The summed E-state index contributed by atoms with van der Waals surface area (Å²) in [5.74, 6) is 1.72. The van der Waals surface area contributed by atoms with Crippen molar-refractivity contribution >= 4 is 0 Å². The maximum atomic E-state index is 3.71. The second-order valence-corrected chi connectivity index (χ2v) is 7.80. The molecule has 0 bridgehead atoms. The summed E-state index contributed by atoms with van der Waals surface area (Å²) >= 11 is 0. The van der Waals surface area contributed by atoms with Crippen molar-refractivity contribution in [3.05, 3.63) is 0 Å². The van der Waals surface area contributed by atoms with Crippen molar-refractivity contribution in [2.24, 2.45) is 17.3 Å². The first-order chi connectivity index (χ1) is 9.47. The predicted octanol–water partition coefficient (Wildman–Crippen LogP) is 4.16. The van der Waals surface area contributed by atoms with Crippen LogP contribution in [0.3, 0.4) is 0 Å². The molecule has 2 unspecified atom stereocenters. The minimum atomic E-state index is 0.526. The first kappa shape index (κ1) is 18.0. The van der Waals surface area contributed by atoms with Gasteiger partial charge in [0.25, 0.3) is 0 Å². The van der Waals surface area contributed by atoms with Crippen LogP contribution < -0.4 is 5.32 Å². The Hall–Kier alpha value is -0.0800. The molecule has 0 spiro atoms. The average Bonchev–Trinajstić information content (AvgIpc) is 2.36. The molecule has 1 rings (SSSR count). The van der Waals surface area contributed by atoms with Gasteiger partial charge >= 0.3 is 0 Å². The molecule has 120 valence electrons. The monoisotopic (exact) mass is 282 g/mol. The average molecular weight is 283 g/mol. The molecular formula is C18H38N2. The maximum absolute atomic E-state index is 3.71. The third-order valence-electron chi connectivity index (χ3n) is 4.81. The highest BCUT2D eigenvalue weighted by molar-refractivity contribution is 4.89. The summed E-state index contributed by atoms with van der Waals surface area (Å²) in [4.78, 5) is 2.59. The summed E-state index contributed by atoms with van der Waals surface area (Å²) in [6.07, 6.45) is 8.26.